The number of aromatic nitrogens is 1. The Balaban J connectivity index is 2.13. The van der Waals surface area contributed by atoms with Crippen LogP contribution in [0.1, 0.15) is 11.3 Å². The molecular weight excluding hydrogens is 358 g/mol. The number of carbonyl (C=O) groups is 1. The summed E-state index contributed by atoms with van der Waals surface area (Å²) in [6.45, 7) is -4.54. The fraction of sp³-hybridized carbons (Fsp3) is 0.176. The number of carbonyl (C=O) groups excluding carboxylic acids is 1. The first-order valence-corrected chi connectivity index (χ1v) is 7.19. The summed E-state index contributed by atoms with van der Waals surface area (Å²) in [5.74, 6) is -1.37. The average molecular weight is 371 g/mol. The Kier molecular flexibility index (Phi) is 6.54. The predicted molar refractivity (Wildman–Crippen MR) is 83.3 cm³/mol. The molecule has 2 rings (SSSR count). The van der Waals surface area contributed by atoms with Crippen molar-refractivity contribution < 1.29 is 36.6 Å². The molecule has 5 nitrogen and oxygen atoms in total. The smallest absolute Gasteiger partial charge is 0.387 e. The van der Waals surface area contributed by atoms with Crippen LogP contribution < -0.4 is 14.2 Å². The number of alkyl halides is 4. The summed E-state index contributed by atoms with van der Waals surface area (Å²) < 4.78 is 62.8. The van der Waals surface area contributed by atoms with Crippen molar-refractivity contribution in [2.75, 3.05) is 0 Å². The van der Waals surface area contributed by atoms with Crippen LogP contribution in [0.15, 0.2) is 42.6 Å². The van der Waals surface area contributed by atoms with Crippen molar-refractivity contribution in [3.8, 4) is 17.2 Å². The first kappa shape index (κ1) is 19.2. The number of aryl methyl sites for hydroxylation is 1. The highest BCUT2D eigenvalue weighted by Crippen LogP contribution is 2.28. The van der Waals surface area contributed by atoms with Crippen molar-refractivity contribution in [2.45, 2.75) is 20.1 Å². The van der Waals surface area contributed by atoms with Crippen molar-refractivity contribution in [2.24, 2.45) is 0 Å². The third kappa shape index (κ3) is 6.08. The molecule has 1 aromatic heterocycles. The fourth-order valence-corrected chi connectivity index (χ4v) is 1.85. The van der Waals surface area contributed by atoms with Gasteiger partial charge in [0, 0.05) is 23.4 Å². The first-order chi connectivity index (χ1) is 12.3. The van der Waals surface area contributed by atoms with E-state index < -0.39 is 24.9 Å². The number of ether oxygens (including phenoxy) is 3. The lowest BCUT2D eigenvalue weighted by Crippen LogP contribution is -2.06. The highest BCUT2D eigenvalue weighted by molar-refractivity contribution is 5.89. The van der Waals surface area contributed by atoms with Gasteiger partial charge in [-0.25, -0.2) is 4.79 Å². The van der Waals surface area contributed by atoms with Gasteiger partial charge in [0.15, 0.2) is 0 Å². The highest BCUT2D eigenvalue weighted by atomic mass is 19.3. The molecule has 2 aromatic rings. The van der Waals surface area contributed by atoms with E-state index in [1.165, 1.54) is 18.3 Å². The van der Waals surface area contributed by atoms with Gasteiger partial charge in [-0.3, -0.25) is 4.98 Å². The van der Waals surface area contributed by atoms with Gasteiger partial charge in [-0.05, 0) is 37.3 Å². The van der Waals surface area contributed by atoms with Gasteiger partial charge in [0.1, 0.15) is 17.2 Å². The van der Waals surface area contributed by atoms with Crippen molar-refractivity contribution in [3.63, 3.8) is 0 Å². The maximum absolute atomic E-state index is 12.5. The van der Waals surface area contributed by atoms with Gasteiger partial charge in [0.25, 0.3) is 0 Å². The molecule has 0 radical (unpaired) electrons. The zero-order valence-electron chi connectivity index (χ0n) is 13.4. The molecule has 0 amide bonds. The summed E-state index contributed by atoms with van der Waals surface area (Å²) in [5, 5.41) is 0. The largest absolute Gasteiger partial charge is 0.435 e. The molecule has 0 unspecified atom stereocenters. The van der Waals surface area contributed by atoms with E-state index in [-0.39, 0.29) is 17.1 Å². The number of rotatable bonds is 7. The van der Waals surface area contributed by atoms with Gasteiger partial charge in [0.2, 0.25) is 0 Å². The van der Waals surface area contributed by atoms with Gasteiger partial charge >= 0.3 is 19.2 Å². The summed E-state index contributed by atoms with van der Waals surface area (Å²) in [7, 11) is 0. The van der Waals surface area contributed by atoms with Gasteiger partial charge in [0.05, 0.1) is 6.20 Å². The van der Waals surface area contributed by atoms with Gasteiger partial charge in [-0.15, -0.1) is 0 Å². The number of nitrogens with zero attached hydrogens (tertiary/aromatic N) is 1. The molecule has 0 saturated heterocycles. The molecule has 1 heterocycles. The number of esters is 1. The Morgan fingerprint density at radius 3 is 2.35 bits per heavy atom. The molecule has 9 heteroatoms. The van der Waals surface area contributed by atoms with Crippen molar-refractivity contribution in [1.29, 1.82) is 0 Å². The molecule has 0 saturated carbocycles. The van der Waals surface area contributed by atoms with E-state index in [1.807, 2.05) is 0 Å². The summed E-state index contributed by atoms with van der Waals surface area (Å²) in [4.78, 5) is 15.7. The van der Waals surface area contributed by atoms with Crippen LogP contribution in [0.3, 0.4) is 0 Å². The molecule has 0 bridgehead atoms. The van der Waals surface area contributed by atoms with Gasteiger partial charge in [-0.1, -0.05) is 0 Å². The molecule has 0 atom stereocenters. The maximum atomic E-state index is 12.5. The van der Waals surface area contributed by atoms with E-state index >= 15 is 0 Å². The number of hydrogen-bond acceptors (Lipinski definition) is 5. The molecule has 0 aliphatic carbocycles. The van der Waals surface area contributed by atoms with Crippen molar-refractivity contribution in [3.05, 3.63) is 53.9 Å². The van der Waals surface area contributed by atoms with Crippen molar-refractivity contribution >= 4 is 12.0 Å². The molecule has 0 aliphatic heterocycles. The second kappa shape index (κ2) is 8.84. The fourth-order valence-electron chi connectivity index (χ4n) is 1.85. The number of hydrogen-bond donors (Lipinski definition) is 0. The number of halogens is 4. The van der Waals surface area contributed by atoms with Crippen LogP contribution in [-0.4, -0.2) is 24.2 Å². The molecule has 1 aromatic carbocycles. The summed E-state index contributed by atoms with van der Waals surface area (Å²) in [6, 6.07) is 6.36. The zero-order chi connectivity index (χ0) is 19.1. The lowest BCUT2D eigenvalue weighted by Gasteiger charge is -2.11. The van der Waals surface area contributed by atoms with E-state index in [0.29, 0.717) is 0 Å². The van der Waals surface area contributed by atoms with Crippen LogP contribution >= 0.6 is 0 Å². The summed E-state index contributed by atoms with van der Waals surface area (Å²) in [5.41, 5.74) is 0.783. The van der Waals surface area contributed by atoms with Crippen LogP contribution in [0.25, 0.3) is 6.08 Å². The topological polar surface area (TPSA) is 57.7 Å². The highest BCUT2D eigenvalue weighted by Gasteiger charge is 2.12. The Morgan fingerprint density at radius 1 is 1.04 bits per heavy atom. The van der Waals surface area contributed by atoms with E-state index in [9.17, 15) is 22.4 Å². The Labute approximate surface area is 145 Å². The Hall–Kier alpha value is -3.10. The second-order valence-corrected chi connectivity index (χ2v) is 4.85. The molecule has 0 fully saturated rings. The quantitative estimate of drug-likeness (QED) is 0.415. The minimum Gasteiger partial charge on any atom is -0.435 e. The molecule has 0 spiro atoms. The summed E-state index contributed by atoms with van der Waals surface area (Å²) >= 11 is 0. The van der Waals surface area contributed by atoms with Crippen LogP contribution in [0.5, 0.6) is 17.2 Å². The Bertz CT molecular complexity index is 779. The zero-order valence-corrected chi connectivity index (χ0v) is 13.4. The van der Waals surface area contributed by atoms with E-state index in [1.54, 1.807) is 13.0 Å². The number of pyridine rings is 1. The second-order valence-electron chi connectivity index (χ2n) is 4.85. The van der Waals surface area contributed by atoms with E-state index in [4.69, 9.17) is 4.74 Å². The number of benzene rings is 1. The van der Waals surface area contributed by atoms with Crippen LogP contribution in [0.4, 0.5) is 17.6 Å². The minimum absolute atomic E-state index is 0.0471. The predicted octanol–water partition coefficient (Wildman–Crippen LogP) is 4.21. The SMILES string of the molecule is Cc1ccc(OC(=O)C=Cc2ccc(OC(F)F)cc2OC(F)F)cn1. The van der Waals surface area contributed by atoms with Gasteiger partial charge in [-0.2, -0.15) is 17.6 Å². The van der Waals surface area contributed by atoms with Crippen molar-refractivity contribution in [1.82, 2.24) is 4.98 Å². The molecule has 0 N–H and O–H groups in total. The third-order valence-electron chi connectivity index (χ3n) is 2.93. The van der Waals surface area contributed by atoms with Crippen LogP contribution in [0, 0.1) is 6.92 Å². The standard InChI is InChI=1S/C17H13F4NO4/c1-10-2-5-13(9-22-10)24-15(23)7-4-11-3-6-12(25-16(18)19)8-14(11)26-17(20)21/h2-9,16-17H,1H3. The molecule has 26 heavy (non-hydrogen) atoms. The van der Waals surface area contributed by atoms with Gasteiger partial charge < -0.3 is 14.2 Å². The van der Waals surface area contributed by atoms with E-state index in [2.05, 4.69) is 14.5 Å². The molecular formula is C17H13F4NO4. The maximum Gasteiger partial charge on any atom is 0.387 e. The van der Waals surface area contributed by atoms with Crippen LogP contribution in [0.2, 0.25) is 0 Å². The lowest BCUT2D eigenvalue weighted by atomic mass is 10.1. The monoisotopic (exact) mass is 371 g/mol. The molecule has 0 aliphatic rings. The average Bonchev–Trinajstić information content (AvgIpc) is 2.55. The lowest BCUT2D eigenvalue weighted by molar-refractivity contribution is -0.128. The third-order valence-corrected chi connectivity index (χ3v) is 2.93. The van der Waals surface area contributed by atoms with E-state index in [0.717, 1.165) is 30.0 Å². The Morgan fingerprint density at radius 2 is 1.73 bits per heavy atom. The summed E-state index contributed by atoms with van der Waals surface area (Å²) in [6.07, 6.45) is 3.47. The minimum atomic E-state index is -3.19. The van der Waals surface area contributed by atoms with Crippen LogP contribution in [-0.2, 0) is 4.79 Å². The normalized spacial score (nSPS) is 11.2. The molecule has 138 valence electrons. The first-order valence-electron chi connectivity index (χ1n) is 7.19.